The topological polar surface area (TPSA) is 68.3 Å². The van der Waals surface area contributed by atoms with E-state index in [1.54, 1.807) is 12.6 Å². The van der Waals surface area contributed by atoms with Crippen molar-refractivity contribution in [2.45, 2.75) is 52.4 Å². The Hall–Kier alpha value is -0.697. The van der Waals surface area contributed by atoms with Crippen LogP contribution in [-0.2, 0) is 38.7 Å². The normalized spacial score (nSPS) is 8.12. The Labute approximate surface area is 115 Å². The van der Waals surface area contributed by atoms with E-state index in [9.17, 15) is 19.2 Å². The van der Waals surface area contributed by atoms with Gasteiger partial charge in [0.05, 0.1) is 0 Å². The van der Waals surface area contributed by atoms with Crippen LogP contribution in [0.3, 0.4) is 0 Å². The van der Waals surface area contributed by atoms with Gasteiger partial charge in [-0.25, -0.2) is 0 Å². The van der Waals surface area contributed by atoms with Crippen molar-refractivity contribution in [1.29, 1.82) is 0 Å². The molecule has 0 amide bonds. The van der Waals surface area contributed by atoms with Gasteiger partial charge in [0, 0.05) is 12.8 Å². The molecule has 5 heteroatoms. The number of unbranched alkanes of at least 4 members (excludes halogenated alkanes) is 2. The maximum Gasteiger partial charge on any atom is 2.00 e. The molecule has 0 N–H and O–H groups in total. The first kappa shape index (κ1) is 21.6. The van der Waals surface area contributed by atoms with Gasteiger partial charge in [-0.1, -0.05) is 12.8 Å². The summed E-state index contributed by atoms with van der Waals surface area (Å²) in [5.41, 5.74) is 0. The smallest absolute Gasteiger partial charge is 0.542 e. The molecule has 4 nitrogen and oxygen atoms in total. The molecule has 17 heavy (non-hydrogen) atoms. The molecule has 0 atom stereocenters. The van der Waals surface area contributed by atoms with Crippen LogP contribution in [0.1, 0.15) is 52.4 Å². The molecule has 0 aliphatic carbocycles. The fourth-order valence-corrected chi connectivity index (χ4v) is 0.819. The SMILES string of the molecule is CC(=O)CCC[C-]=O.CC(=O)CCC[C-]=O.[Zn+2]. The van der Waals surface area contributed by atoms with E-state index in [1.807, 2.05) is 0 Å². The second-order valence-electron chi connectivity index (χ2n) is 3.40. The monoisotopic (exact) mass is 290 g/mol. The summed E-state index contributed by atoms with van der Waals surface area (Å²) in [7, 11) is 0. The summed E-state index contributed by atoms with van der Waals surface area (Å²) in [6.45, 7) is 3.04. The third-order valence-electron chi connectivity index (χ3n) is 1.62. The summed E-state index contributed by atoms with van der Waals surface area (Å²) in [5, 5.41) is 0. The molecule has 0 saturated heterocycles. The Kier molecular flexibility index (Phi) is 22.5. The van der Waals surface area contributed by atoms with E-state index < -0.39 is 0 Å². The molecule has 0 radical (unpaired) electrons. The summed E-state index contributed by atoms with van der Waals surface area (Å²) < 4.78 is 0. The van der Waals surface area contributed by atoms with Gasteiger partial charge in [-0.3, -0.25) is 12.6 Å². The molecule has 0 heterocycles. The van der Waals surface area contributed by atoms with Crippen LogP contribution in [0, 0.1) is 0 Å². The van der Waals surface area contributed by atoms with E-state index in [1.165, 1.54) is 13.8 Å². The Morgan fingerprint density at radius 3 is 1.29 bits per heavy atom. The number of hydrogen-bond acceptors (Lipinski definition) is 4. The number of carbonyl (C=O) groups is 2. The molecule has 0 unspecified atom stereocenters. The van der Waals surface area contributed by atoms with E-state index in [2.05, 4.69) is 0 Å². The molecule has 0 rings (SSSR count). The van der Waals surface area contributed by atoms with E-state index in [4.69, 9.17) is 0 Å². The van der Waals surface area contributed by atoms with E-state index >= 15 is 0 Å². The van der Waals surface area contributed by atoms with Crippen LogP contribution in [0.15, 0.2) is 0 Å². The second-order valence-corrected chi connectivity index (χ2v) is 3.40. The first-order chi connectivity index (χ1) is 7.54. The molecule has 0 aromatic rings. The average Bonchev–Trinajstić information content (AvgIpc) is 2.18. The average molecular weight is 292 g/mol. The minimum atomic E-state index is 0. The Morgan fingerprint density at radius 1 is 0.824 bits per heavy atom. The van der Waals surface area contributed by atoms with Crippen LogP contribution in [-0.4, -0.2) is 24.1 Å². The van der Waals surface area contributed by atoms with Crippen molar-refractivity contribution in [2.75, 3.05) is 0 Å². The zero-order valence-electron chi connectivity index (χ0n) is 10.6. The van der Waals surface area contributed by atoms with Crippen molar-refractivity contribution >= 4 is 24.1 Å². The minimum Gasteiger partial charge on any atom is -0.542 e. The fraction of sp³-hybridized carbons (Fsp3) is 0.667. The Bertz CT molecular complexity index is 203. The van der Waals surface area contributed by atoms with E-state index in [0.717, 1.165) is 0 Å². The van der Waals surface area contributed by atoms with Gasteiger partial charge < -0.3 is 19.2 Å². The van der Waals surface area contributed by atoms with Gasteiger partial charge in [0.15, 0.2) is 0 Å². The molecule has 0 fully saturated rings. The van der Waals surface area contributed by atoms with Crippen LogP contribution >= 0.6 is 0 Å². The van der Waals surface area contributed by atoms with Crippen molar-refractivity contribution in [2.24, 2.45) is 0 Å². The van der Waals surface area contributed by atoms with Crippen LogP contribution in [0.4, 0.5) is 0 Å². The van der Waals surface area contributed by atoms with E-state index in [-0.39, 0.29) is 31.0 Å². The number of carbonyl (C=O) groups excluding carboxylic acids is 4. The summed E-state index contributed by atoms with van der Waals surface area (Å²) >= 11 is 0. The third-order valence-corrected chi connectivity index (χ3v) is 1.62. The molecule has 0 saturated carbocycles. The van der Waals surface area contributed by atoms with E-state index in [0.29, 0.717) is 38.5 Å². The number of hydrogen-bond donors (Lipinski definition) is 0. The maximum absolute atomic E-state index is 10.2. The van der Waals surface area contributed by atoms with Crippen LogP contribution in [0.25, 0.3) is 0 Å². The van der Waals surface area contributed by atoms with Crippen LogP contribution < -0.4 is 0 Å². The predicted octanol–water partition coefficient (Wildman–Crippen LogP) is 1.71. The standard InChI is InChI=1S/2C6H9O2.Zn/c2*1-6(8)4-2-3-5-7;/h2*2-4H2,1H3;/q2*-1;+2. The molecular weight excluding hydrogens is 274 g/mol. The van der Waals surface area contributed by atoms with Gasteiger partial charge in [-0.05, 0) is 13.8 Å². The predicted molar refractivity (Wildman–Crippen MR) is 60.5 cm³/mol. The molecule has 0 spiro atoms. The van der Waals surface area contributed by atoms with Crippen molar-refractivity contribution in [3.63, 3.8) is 0 Å². The Balaban J connectivity index is -0.000000218. The fourth-order valence-electron chi connectivity index (χ4n) is 0.819. The van der Waals surface area contributed by atoms with Crippen molar-refractivity contribution in [3.05, 3.63) is 0 Å². The van der Waals surface area contributed by atoms with Crippen molar-refractivity contribution in [3.8, 4) is 0 Å². The molecular formula is C12H18O4Zn. The van der Waals surface area contributed by atoms with Crippen LogP contribution in [0.5, 0.6) is 0 Å². The summed E-state index contributed by atoms with van der Waals surface area (Å²) in [6.07, 6.45) is 6.54. The number of Topliss-reactive ketones (excluding diaryl/α,β-unsaturated/α-hetero) is 2. The van der Waals surface area contributed by atoms with Gasteiger partial charge in [0.1, 0.15) is 11.6 Å². The van der Waals surface area contributed by atoms with Crippen molar-refractivity contribution in [1.82, 2.24) is 0 Å². The Morgan fingerprint density at radius 2 is 1.12 bits per heavy atom. The zero-order chi connectivity index (χ0) is 12.8. The van der Waals surface area contributed by atoms with Gasteiger partial charge in [-0.15, -0.1) is 0 Å². The molecule has 92 valence electrons. The van der Waals surface area contributed by atoms with Crippen molar-refractivity contribution < 1.29 is 38.7 Å². The summed E-state index contributed by atoms with van der Waals surface area (Å²) in [4.78, 5) is 39.5. The third kappa shape index (κ3) is 31.3. The van der Waals surface area contributed by atoms with Gasteiger partial charge >= 0.3 is 19.5 Å². The molecule has 0 aliphatic heterocycles. The number of ketones is 2. The first-order valence-corrected chi connectivity index (χ1v) is 5.23. The molecule has 0 aromatic heterocycles. The van der Waals surface area contributed by atoms with Gasteiger partial charge in [-0.2, -0.15) is 12.8 Å². The minimum absolute atomic E-state index is 0. The van der Waals surface area contributed by atoms with Gasteiger partial charge in [0.25, 0.3) is 0 Å². The summed E-state index contributed by atoms with van der Waals surface area (Å²) in [6, 6.07) is 0. The van der Waals surface area contributed by atoms with Gasteiger partial charge in [0.2, 0.25) is 0 Å². The summed E-state index contributed by atoms with van der Waals surface area (Å²) in [5.74, 6) is 0.278. The molecule has 0 aromatic carbocycles. The second kappa shape index (κ2) is 17.7. The first-order valence-electron chi connectivity index (χ1n) is 5.23. The zero-order valence-corrected chi connectivity index (χ0v) is 13.5. The quantitative estimate of drug-likeness (QED) is 0.388. The molecule has 0 aliphatic rings. The largest absolute Gasteiger partial charge is 2.00 e. The molecule has 0 bridgehead atoms. The maximum atomic E-state index is 10.2. The number of rotatable bonds is 8. The van der Waals surface area contributed by atoms with Crippen LogP contribution in [0.2, 0.25) is 0 Å².